The average molecular weight is 258 g/mol. The van der Waals surface area contributed by atoms with Gasteiger partial charge in [-0.2, -0.15) is 0 Å². The molecule has 1 aliphatic rings. The van der Waals surface area contributed by atoms with Crippen LogP contribution in [0.25, 0.3) is 0 Å². The molecule has 1 N–H and O–H groups in total. The van der Waals surface area contributed by atoms with Crippen LogP contribution >= 0.6 is 15.9 Å². The van der Waals surface area contributed by atoms with E-state index in [9.17, 15) is 4.79 Å². The number of hydrogen-bond acceptors (Lipinski definition) is 1. The quantitative estimate of drug-likeness (QED) is 0.719. The largest absolute Gasteiger partial charge is 0.342 e. The molecule has 0 spiro atoms. The molecule has 0 aromatic rings. The van der Waals surface area contributed by atoms with E-state index in [0.29, 0.717) is 0 Å². The highest BCUT2D eigenvalue weighted by Crippen LogP contribution is 2.35. The van der Waals surface area contributed by atoms with Crippen molar-refractivity contribution in [3.63, 3.8) is 0 Å². The van der Waals surface area contributed by atoms with Crippen molar-refractivity contribution in [2.75, 3.05) is 0 Å². The zero-order chi connectivity index (χ0) is 10.6. The molecule has 0 aromatic carbocycles. The lowest BCUT2D eigenvalue weighted by Crippen LogP contribution is -2.46. The van der Waals surface area contributed by atoms with E-state index in [0.717, 1.165) is 6.42 Å². The van der Waals surface area contributed by atoms with Crippen LogP contribution in [-0.4, -0.2) is 11.9 Å². The first kappa shape index (κ1) is 11.6. The molecule has 14 heavy (non-hydrogen) atoms. The molecule has 1 fully saturated rings. The summed E-state index contributed by atoms with van der Waals surface area (Å²) in [5, 5.41) is 2.97. The number of rotatable bonds is 1. The first-order valence-corrected chi connectivity index (χ1v) is 5.78. The minimum absolute atomic E-state index is 0.179. The summed E-state index contributed by atoms with van der Waals surface area (Å²) in [6.45, 7) is 4.41. The summed E-state index contributed by atoms with van der Waals surface area (Å²) in [5.41, 5.74) is 0.210. The van der Waals surface area contributed by atoms with Gasteiger partial charge in [0.25, 0.3) is 5.91 Å². The van der Waals surface area contributed by atoms with Crippen LogP contribution in [0.5, 0.6) is 0 Å². The Morgan fingerprint density at radius 2 is 2.21 bits per heavy atom. The molecule has 0 saturated heterocycles. The molecule has 0 aliphatic heterocycles. The summed E-state index contributed by atoms with van der Waals surface area (Å²) < 4.78 is 0. The molecule has 0 aromatic heterocycles. The van der Waals surface area contributed by atoms with Crippen molar-refractivity contribution in [3.8, 4) is 10.8 Å². The summed E-state index contributed by atoms with van der Waals surface area (Å²) in [6.07, 6.45) is 4.72. The Labute approximate surface area is 94.0 Å². The normalized spacial score (nSPS) is 24.6. The van der Waals surface area contributed by atoms with Crippen LogP contribution in [0.2, 0.25) is 0 Å². The molecule has 1 amide bonds. The van der Waals surface area contributed by atoms with E-state index < -0.39 is 0 Å². The molecular weight excluding hydrogens is 242 g/mol. The lowest BCUT2D eigenvalue weighted by Gasteiger charge is -2.38. The van der Waals surface area contributed by atoms with Gasteiger partial charge in [0.1, 0.15) is 0 Å². The molecule has 1 atom stereocenters. The Kier molecular flexibility index (Phi) is 4.00. The highest BCUT2D eigenvalue weighted by Gasteiger charge is 2.32. The minimum atomic E-state index is -0.179. The van der Waals surface area contributed by atoms with Gasteiger partial charge >= 0.3 is 0 Å². The van der Waals surface area contributed by atoms with Crippen LogP contribution in [0, 0.1) is 16.2 Å². The maximum absolute atomic E-state index is 11.3. The molecule has 0 radical (unpaired) electrons. The Morgan fingerprint density at radius 1 is 1.50 bits per heavy atom. The van der Waals surface area contributed by atoms with Gasteiger partial charge in [-0.3, -0.25) is 4.79 Å². The Morgan fingerprint density at radius 3 is 2.79 bits per heavy atom. The van der Waals surface area contributed by atoms with Gasteiger partial charge in [0, 0.05) is 27.9 Å². The third kappa shape index (κ3) is 3.02. The van der Waals surface area contributed by atoms with Crippen LogP contribution in [0.15, 0.2) is 0 Å². The molecule has 78 valence electrons. The molecule has 0 heterocycles. The van der Waals surface area contributed by atoms with E-state index in [1.54, 1.807) is 0 Å². The second-order valence-electron chi connectivity index (χ2n) is 4.48. The monoisotopic (exact) mass is 257 g/mol. The number of hydrogen-bond donors (Lipinski definition) is 1. The first-order valence-electron chi connectivity index (χ1n) is 4.98. The molecule has 1 saturated carbocycles. The van der Waals surface area contributed by atoms with E-state index in [1.807, 2.05) is 0 Å². The highest BCUT2D eigenvalue weighted by atomic mass is 79.9. The van der Waals surface area contributed by atoms with Crippen LogP contribution in [0.1, 0.15) is 39.5 Å². The Bertz CT molecular complexity index is 275. The van der Waals surface area contributed by atoms with E-state index in [2.05, 4.69) is 45.8 Å². The van der Waals surface area contributed by atoms with Crippen molar-refractivity contribution in [1.82, 2.24) is 5.32 Å². The maximum atomic E-state index is 11.3. The fraction of sp³-hybridized carbons (Fsp3) is 0.727. The third-order valence-electron chi connectivity index (χ3n) is 2.97. The molecule has 1 aliphatic carbocycles. The number of carbonyl (C=O) groups excluding carboxylic acids is 1. The summed E-state index contributed by atoms with van der Waals surface area (Å²) in [4.78, 5) is 13.7. The predicted molar refractivity (Wildman–Crippen MR) is 60.9 cm³/mol. The fourth-order valence-corrected chi connectivity index (χ4v) is 2.18. The van der Waals surface area contributed by atoms with Crippen molar-refractivity contribution < 1.29 is 4.79 Å². The van der Waals surface area contributed by atoms with Crippen molar-refractivity contribution in [3.05, 3.63) is 0 Å². The lowest BCUT2D eigenvalue weighted by molar-refractivity contribution is -0.117. The summed E-state index contributed by atoms with van der Waals surface area (Å²) in [7, 11) is 0. The van der Waals surface area contributed by atoms with E-state index in [4.69, 9.17) is 0 Å². The van der Waals surface area contributed by atoms with Crippen molar-refractivity contribution in [1.29, 1.82) is 0 Å². The summed E-state index contributed by atoms with van der Waals surface area (Å²) in [6, 6.07) is 0.275. The number of halogens is 1. The van der Waals surface area contributed by atoms with Crippen molar-refractivity contribution in [2.45, 2.75) is 45.6 Å². The second-order valence-corrected chi connectivity index (χ2v) is 4.88. The van der Waals surface area contributed by atoms with Gasteiger partial charge in [0.15, 0.2) is 0 Å². The number of nitrogens with one attached hydrogen (secondary N) is 1. The molecular formula is C11H16BrNO. The van der Waals surface area contributed by atoms with Gasteiger partial charge in [0.05, 0.1) is 0 Å². The predicted octanol–water partition coefficient (Wildman–Crippen LogP) is 2.43. The van der Waals surface area contributed by atoms with Gasteiger partial charge in [-0.1, -0.05) is 26.7 Å². The van der Waals surface area contributed by atoms with Crippen LogP contribution in [-0.2, 0) is 4.79 Å². The third-order valence-corrected chi connectivity index (χ3v) is 3.17. The lowest BCUT2D eigenvalue weighted by atomic mass is 9.73. The summed E-state index contributed by atoms with van der Waals surface area (Å²) >= 11 is 2.92. The molecule has 1 unspecified atom stereocenters. The van der Waals surface area contributed by atoms with Gasteiger partial charge in [-0.25, -0.2) is 0 Å². The van der Waals surface area contributed by atoms with Crippen LogP contribution in [0.3, 0.4) is 0 Å². The maximum Gasteiger partial charge on any atom is 0.296 e. The number of carbonyl (C=O) groups is 1. The van der Waals surface area contributed by atoms with Gasteiger partial charge < -0.3 is 5.32 Å². The molecule has 0 bridgehead atoms. The van der Waals surface area contributed by atoms with Crippen molar-refractivity contribution in [2.24, 2.45) is 5.41 Å². The summed E-state index contributed by atoms with van der Waals surface area (Å²) in [5.74, 6) is 2.27. The SMILES string of the molecule is CC1(C)CCCCC1NC(=O)C#CBr. The number of amides is 1. The Balaban J connectivity index is 2.56. The second kappa shape index (κ2) is 4.84. The van der Waals surface area contributed by atoms with Crippen molar-refractivity contribution >= 4 is 21.8 Å². The van der Waals surface area contributed by atoms with E-state index >= 15 is 0 Å². The van der Waals surface area contributed by atoms with Crippen LogP contribution in [0.4, 0.5) is 0 Å². The van der Waals surface area contributed by atoms with Gasteiger partial charge in [-0.15, -0.1) is 0 Å². The first-order chi connectivity index (χ1) is 6.56. The van der Waals surface area contributed by atoms with E-state index in [-0.39, 0.29) is 17.4 Å². The van der Waals surface area contributed by atoms with Crippen LogP contribution < -0.4 is 5.32 Å². The fourth-order valence-electron chi connectivity index (χ4n) is 2.00. The highest BCUT2D eigenvalue weighted by molar-refractivity contribution is 9.12. The Hall–Kier alpha value is -0.490. The van der Waals surface area contributed by atoms with Gasteiger partial charge in [0.2, 0.25) is 0 Å². The molecule has 1 rings (SSSR count). The average Bonchev–Trinajstić information content (AvgIpc) is 2.09. The molecule has 2 nitrogen and oxygen atoms in total. The minimum Gasteiger partial charge on any atom is -0.342 e. The van der Waals surface area contributed by atoms with Gasteiger partial charge in [-0.05, 0) is 23.1 Å². The van der Waals surface area contributed by atoms with E-state index in [1.165, 1.54) is 19.3 Å². The molecule has 3 heteroatoms. The zero-order valence-corrected chi connectivity index (χ0v) is 10.3. The smallest absolute Gasteiger partial charge is 0.296 e. The standard InChI is InChI=1S/C11H16BrNO/c1-11(2)7-4-3-5-9(11)13-10(14)6-8-12/h9H,3-5,7H2,1-2H3,(H,13,14). The topological polar surface area (TPSA) is 29.1 Å². The zero-order valence-electron chi connectivity index (χ0n) is 8.69.